The highest BCUT2D eigenvalue weighted by Crippen LogP contribution is 2.43. The SMILES string of the molecule is c1ccc2c(c1)sc1c(-n3c4ccccc4c4ccc(-c5ccc6c(c5)c5ccccc5n6-c5ccc6c7ccccc7c7ccccc7c6c5)cc43)cccc12. The molecule has 57 heavy (non-hydrogen) atoms. The van der Waals surface area contributed by atoms with Crippen LogP contribution in [0.2, 0.25) is 0 Å². The molecule has 0 aliphatic heterocycles. The molecule has 0 aliphatic rings. The molecule has 13 rings (SSSR count). The van der Waals surface area contributed by atoms with Crippen molar-refractivity contribution in [3.05, 3.63) is 194 Å². The Balaban J connectivity index is 1.02. The maximum atomic E-state index is 2.49. The van der Waals surface area contributed by atoms with Crippen LogP contribution in [0, 0.1) is 0 Å². The fourth-order valence-electron chi connectivity index (χ4n) is 9.78. The molecular weight excluding hydrogens is 709 g/mol. The zero-order valence-corrected chi connectivity index (χ0v) is 31.6. The van der Waals surface area contributed by atoms with Crippen LogP contribution in [0.5, 0.6) is 0 Å². The molecule has 0 fully saturated rings. The van der Waals surface area contributed by atoms with Crippen LogP contribution in [-0.2, 0) is 0 Å². The van der Waals surface area contributed by atoms with E-state index in [1.54, 1.807) is 0 Å². The lowest BCUT2D eigenvalue weighted by Gasteiger charge is -2.14. The minimum Gasteiger partial charge on any atom is -0.309 e. The predicted molar refractivity (Wildman–Crippen MR) is 246 cm³/mol. The molecule has 3 heteroatoms. The van der Waals surface area contributed by atoms with Gasteiger partial charge in [0.15, 0.2) is 0 Å². The molecule has 2 nitrogen and oxygen atoms in total. The summed E-state index contributed by atoms with van der Waals surface area (Å²) in [5.74, 6) is 0. The molecule has 13 aromatic rings. The van der Waals surface area contributed by atoms with Gasteiger partial charge < -0.3 is 9.13 Å². The largest absolute Gasteiger partial charge is 0.309 e. The van der Waals surface area contributed by atoms with Crippen molar-refractivity contribution in [1.82, 2.24) is 9.13 Å². The number of benzene rings is 10. The maximum Gasteiger partial charge on any atom is 0.0640 e. The topological polar surface area (TPSA) is 9.86 Å². The number of hydrogen-bond acceptors (Lipinski definition) is 1. The average Bonchev–Trinajstić information content (AvgIpc) is 3.94. The number of hydrogen-bond donors (Lipinski definition) is 0. The maximum absolute atomic E-state index is 2.49. The number of fused-ring (bicyclic) bond motifs is 15. The van der Waals surface area contributed by atoms with Gasteiger partial charge in [-0.3, -0.25) is 0 Å². The predicted octanol–water partition coefficient (Wildman–Crippen LogP) is 15.4. The molecule has 0 unspecified atom stereocenters. The molecule has 0 N–H and O–H groups in total. The van der Waals surface area contributed by atoms with Gasteiger partial charge in [0.2, 0.25) is 0 Å². The van der Waals surface area contributed by atoms with Crippen molar-refractivity contribution in [3.63, 3.8) is 0 Å². The van der Waals surface area contributed by atoms with Crippen molar-refractivity contribution in [2.75, 3.05) is 0 Å². The lowest BCUT2D eigenvalue weighted by Crippen LogP contribution is -1.95. The molecule has 264 valence electrons. The summed E-state index contributed by atoms with van der Waals surface area (Å²) in [5.41, 5.74) is 9.67. The number of thiophene rings is 1. The highest BCUT2D eigenvalue weighted by atomic mass is 32.1. The van der Waals surface area contributed by atoms with E-state index in [2.05, 4.69) is 203 Å². The lowest BCUT2D eigenvalue weighted by atomic mass is 9.94. The van der Waals surface area contributed by atoms with E-state index in [9.17, 15) is 0 Å². The van der Waals surface area contributed by atoms with Gasteiger partial charge in [-0.15, -0.1) is 11.3 Å². The van der Waals surface area contributed by atoms with E-state index in [1.165, 1.54) is 119 Å². The molecule has 3 heterocycles. The summed E-state index contributed by atoms with van der Waals surface area (Å²) in [6.07, 6.45) is 0. The fraction of sp³-hybridized carbons (Fsp3) is 0. The van der Waals surface area contributed by atoms with Gasteiger partial charge in [0, 0.05) is 42.7 Å². The van der Waals surface area contributed by atoms with Crippen LogP contribution in [0.1, 0.15) is 0 Å². The van der Waals surface area contributed by atoms with Crippen LogP contribution in [0.4, 0.5) is 0 Å². The van der Waals surface area contributed by atoms with Gasteiger partial charge in [-0.25, -0.2) is 0 Å². The molecule has 0 saturated heterocycles. The van der Waals surface area contributed by atoms with Crippen molar-refractivity contribution in [3.8, 4) is 22.5 Å². The Bertz CT molecular complexity index is 3780. The van der Waals surface area contributed by atoms with Crippen LogP contribution < -0.4 is 0 Å². The molecule has 0 spiro atoms. The summed E-state index contributed by atoms with van der Waals surface area (Å²) in [5, 5.41) is 15.4. The Morgan fingerprint density at radius 1 is 0.281 bits per heavy atom. The van der Waals surface area contributed by atoms with Gasteiger partial charge in [0.25, 0.3) is 0 Å². The Kier molecular flexibility index (Phi) is 6.35. The van der Waals surface area contributed by atoms with E-state index in [0.29, 0.717) is 0 Å². The minimum atomic E-state index is 1.17. The summed E-state index contributed by atoms with van der Waals surface area (Å²) in [6, 6.07) is 72.0. The van der Waals surface area contributed by atoms with E-state index in [4.69, 9.17) is 0 Å². The third-order valence-electron chi connectivity index (χ3n) is 12.3. The molecule has 0 radical (unpaired) electrons. The van der Waals surface area contributed by atoms with Gasteiger partial charge in [0.05, 0.1) is 32.5 Å². The monoisotopic (exact) mass is 740 g/mol. The lowest BCUT2D eigenvalue weighted by molar-refractivity contribution is 1.19. The first-order valence-corrected chi connectivity index (χ1v) is 20.4. The Morgan fingerprint density at radius 3 is 1.54 bits per heavy atom. The Labute approximate surface area is 331 Å². The van der Waals surface area contributed by atoms with Crippen LogP contribution in [0.25, 0.3) is 119 Å². The Morgan fingerprint density at radius 2 is 0.789 bits per heavy atom. The molecule has 0 aliphatic carbocycles. The van der Waals surface area contributed by atoms with E-state index in [1.807, 2.05) is 11.3 Å². The molecular formula is C54H32N2S. The second-order valence-corrected chi connectivity index (χ2v) is 16.3. The van der Waals surface area contributed by atoms with Crippen LogP contribution in [0.15, 0.2) is 194 Å². The molecule has 0 bridgehead atoms. The first-order chi connectivity index (χ1) is 28.3. The summed E-state index contributed by atoms with van der Waals surface area (Å²) >= 11 is 1.89. The third-order valence-corrected chi connectivity index (χ3v) is 13.5. The van der Waals surface area contributed by atoms with E-state index >= 15 is 0 Å². The van der Waals surface area contributed by atoms with Crippen LogP contribution in [0.3, 0.4) is 0 Å². The normalized spacial score (nSPS) is 12.2. The number of para-hydroxylation sites is 2. The van der Waals surface area contributed by atoms with Crippen molar-refractivity contribution in [2.24, 2.45) is 0 Å². The zero-order valence-electron chi connectivity index (χ0n) is 30.8. The average molecular weight is 741 g/mol. The van der Waals surface area contributed by atoms with Crippen LogP contribution >= 0.6 is 11.3 Å². The molecule has 0 atom stereocenters. The van der Waals surface area contributed by atoms with Crippen molar-refractivity contribution in [1.29, 1.82) is 0 Å². The van der Waals surface area contributed by atoms with Gasteiger partial charge in [-0.05, 0) is 98.0 Å². The summed E-state index contributed by atoms with van der Waals surface area (Å²) < 4.78 is 7.57. The standard InChI is InChI=1S/C54H32N2S/c1-2-14-38-36(12-1)37-13-3-4-15-39(37)46-32-35(26-28-40(38)46)55-48-20-8-6-17-42(48)47-30-33(25-29-50(47)55)34-24-27-43-41-16-5-9-21-49(41)56(52(43)31-34)51-22-11-19-45-44-18-7-10-23-53(44)57-54(45)51/h1-32H. The van der Waals surface area contributed by atoms with Crippen molar-refractivity contribution < 1.29 is 0 Å². The van der Waals surface area contributed by atoms with Gasteiger partial charge in [-0.1, -0.05) is 140 Å². The minimum absolute atomic E-state index is 1.17. The molecule has 0 amide bonds. The van der Waals surface area contributed by atoms with Crippen molar-refractivity contribution >= 4 is 107 Å². The Hall–Kier alpha value is -7.20. The molecule has 10 aromatic carbocycles. The van der Waals surface area contributed by atoms with E-state index in [0.717, 1.165) is 0 Å². The smallest absolute Gasteiger partial charge is 0.0640 e. The number of nitrogens with zero attached hydrogens (tertiary/aromatic N) is 2. The van der Waals surface area contributed by atoms with Gasteiger partial charge in [0.1, 0.15) is 0 Å². The van der Waals surface area contributed by atoms with Gasteiger partial charge in [-0.2, -0.15) is 0 Å². The zero-order chi connectivity index (χ0) is 37.2. The first-order valence-electron chi connectivity index (χ1n) is 19.6. The second-order valence-electron chi connectivity index (χ2n) is 15.2. The quantitative estimate of drug-likeness (QED) is 0.160. The summed E-state index contributed by atoms with van der Waals surface area (Å²) in [6.45, 7) is 0. The number of rotatable bonds is 3. The molecule has 0 saturated carbocycles. The summed E-state index contributed by atoms with van der Waals surface area (Å²) in [4.78, 5) is 0. The third kappa shape index (κ3) is 4.35. The summed E-state index contributed by atoms with van der Waals surface area (Å²) in [7, 11) is 0. The molecule has 3 aromatic heterocycles. The van der Waals surface area contributed by atoms with Crippen molar-refractivity contribution in [2.45, 2.75) is 0 Å². The van der Waals surface area contributed by atoms with E-state index in [-0.39, 0.29) is 0 Å². The highest BCUT2D eigenvalue weighted by Gasteiger charge is 2.19. The van der Waals surface area contributed by atoms with Gasteiger partial charge >= 0.3 is 0 Å². The highest BCUT2D eigenvalue weighted by molar-refractivity contribution is 7.26. The van der Waals surface area contributed by atoms with Crippen LogP contribution in [-0.4, -0.2) is 9.13 Å². The van der Waals surface area contributed by atoms with E-state index < -0.39 is 0 Å². The fourth-order valence-corrected chi connectivity index (χ4v) is 11.0. The number of aromatic nitrogens is 2. The first kappa shape index (κ1) is 31.1. The second kappa shape index (κ2) is 11.7.